The smallest absolute Gasteiger partial charge is 0.312 e. The molecule has 0 aliphatic carbocycles. The Morgan fingerprint density at radius 1 is 1.26 bits per heavy atom. The zero-order valence-corrected chi connectivity index (χ0v) is 20.8. The molecule has 1 atom stereocenters. The van der Waals surface area contributed by atoms with Crippen LogP contribution < -0.4 is 4.74 Å². The number of benzene rings is 1. The molecule has 0 bridgehead atoms. The third-order valence-electron chi connectivity index (χ3n) is 6.11. The molecule has 1 fully saturated rings. The fraction of sp³-hybridized carbons (Fsp3) is 0.522. The zero-order chi connectivity index (χ0) is 25.0. The Labute approximate surface area is 199 Å². The highest BCUT2D eigenvalue weighted by Crippen LogP contribution is 2.31. The van der Waals surface area contributed by atoms with Crippen LogP contribution in [0, 0.1) is 24.0 Å². The Morgan fingerprint density at radius 3 is 2.56 bits per heavy atom. The lowest BCUT2D eigenvalue weighted by Gasteiger charge is -2.18. The molecule has 186 valence electrons. The second-order valence-electron chi connectivity index (χ2n) is 8.22. The third-order valence-corrected chi connectivity index (χ3v) is 8.16. The predicted octanol–water partition coefficient (Wildman–Crippen LogP) is 3.48. The molecule has 2 heterocycles. The minimum atomic E-state index is -3.87. The number of aryl methyl sites for hydroxylation is 1. The first-order chi connectivity index (χ1) is 16.1. The monoisotopic (exact) mass is 493 g/mol. The van der Waals surface area contributed by atoms with Crippen molar-refractivity contribution in [3.8, 4) is 5.75 Å². The number of Topliss-reactive ketones (excluding diaryl/α,β-unsaturated/α-hetero) is 1. The fourth-order valence-corrected chi connectivity index (χ4v) is 5.69. The van der Waals surface area contributed by atoms with E-state index in [1.807, 2.05) is 18.4 Å². The number of hydrogen-bond donors (Lipinski definition) is 0. The van der Waals surface area contributed by atoms with Crippen molar-refractivity contribution in [2.24, 2.45) is 0 Å². The number of ketones is 1. The zero-order valence-electron chi connectivity index (χ0n) is 19.9. The van der Waals surface area contributed by atoms with Gasteiger partial charge in [0.25, 0.3) is 0 Å². The highest BCUT2D eigenvalue weighted by molar-refractivity contribution is 7.89. The minimum absolute atomic E-state index is 0.123. The Morgan fingerprint density at radius 2 is 1.97 bits per heavy atom. The summed E-state index contributed by atoms with van der Waals surface area (Å²) < 4.78 is 39.9. The number of rotatable bonds is 11. The molecule has 1 aromatic heterocycles. The number of sulfonamides is 1. The molecule has 0 N–H and O–H groups in total. The van der Waals surface area contributed by atoms with Crippen molar-refractivity contribution in [1.29, 1.82) is 0 Å². The van der Waals surface area contributed by atoms with Gasteiger partial charge in [-0.1, -0.05) is 13.8 Å². The van der Waals surface area contributed by atoms with E-state index in [4.69, 9.17) is 9.47 Å². The molecule has 0 amide bonds. The van der Waals surface area contributed by atoms with Crippen LogP contribution in [0.1, 0.15) is 48.4 Å². The van der Waals surface area contributed by atoms with Crippen LogP contribution in [0.3, 0.4) is 0 Å². The van der Waals surface area contributed by atoms with E-state index in [2.05, 4.69) is 0 Å². The van der Waals surface area contributed by atoms with Crippen LogP contribution in [0.5, 0.6) is 5.75 Å². The van der Waals surface area contributed by atoms with Crippen molar-refractivity contribution in [3.05, 3.63) is 51.3 Å². The number of aromatic nitrogens is 1. The standard InChI is InChI=1S/C23H31N3O7S/c1-5-24(6-2)34(30,31)19-9-10-23(21(13-19)26(28)29)33-15-22(27)20-12-16(3)25(17(20)4)14-18-8-7-11-32-18/h9-10,12-13,18H,5-8,11,14-15H2,1-4H3/t18-/m1/s1. The van der Waals surface area contributed by atoms with E-state index in [9.17, 15) is 23.3 Å². The van der Waals surface area contributed by atoms with Crippen LogP contribution in [-0.2, 0) is 21.3 Å². The van der Waals surface area contributed by atoms with E-state index in [0.717, 1.165) is 36.9 Å². The number of ether oxygens (including phenoxy) is 2. The summed E-state index contributed by atoms with van der Waals surface area (Å²) in [5, 5.41) is 11.6. The molecule has 1 aliphatic heterocycles. The van der Waals surface area contributed by atoms with Gasteiger partial charge >= 0.3 is 5.69 Å². The predicted molar refractivity (Wildman–Crippen MR) is 126 cm³/mol. The van der Waals surface area contributed by atoms with Gasteiger partial charge in [-0.3, -0.25) is 14.9 Å². The lowest BCUT2D eigenvalue weighted by molar-refractivity contribution is -0.386. The summed E-state index contributed by atoms with van der Waals surface area (Å²) in [6.07, 6.45) is 2.13. The quantitative estimate of drug-likeness (QED) is 0.267. The van der Waals surface area contributed by atoms with Gasteiger partial charge in [0.1, 0.15) is 0 Å². The van der Waals surface area contributed by atoms with Crippen LogP contribution >= 0.6 is 0 Å². The van der Waals surface area contributed by atoms with Gasteiger partial charge in [0.05, 0.1) is 15.9 Å². The van der Waals surface area contributed by atoms with Gasteiger partial charge in [-0.2, -0.15) is 4.31 Å². The molecule has 0 spiro atoms. The molecule has 3 rings (SSSR count). The van der Waals surface area contributed by atoms with Gasteiger partial charge in [0.15, 0.2) is 12.4 Å². The lowest BCUT2D eigenvalue weighted by atomic mass is 10.1. The number of nitro groups is 1. The molecule has 2 aromatic rings. The van der Waals surface area contributed by atoms with Gasteiger partial charge in [0, 0.05) is 49.3 Å². The molecular formula is C23H31N3O7S. The van der Waals surface area contributed by atoms with Crippen molar-refractivity contribution < 1.29 is 27.6 Å². The minimum Gasteiger partial charge on any atom is -0.478 e. The van der Waals surface area contributed by atoms with E-state index in [0.29, 0.717) is 12.1 Å². The summed E-state index contributed by atoms with van der Waals surface area (Å²) in [5.41, 5.74) is 1.69. The van der Waals surface area contributed by atoms with E-state index in [1.54, 1.807) is 19.9 Å². The molecule has 0 unspecified atom stereocenters. The number of hydrogen-bond acceptors (Lipinski definition) is 7. The Kier molecular flexibility index (Phi) is 8.11. The molecular weight excluding hydrogens is 462 g/mol. The average molecular weight is 494 g/mol. The maximum absolute atomic E-state index is 12.9. The molecule has 34 heavy (non-hydrogen) atoms. The van der Waals surface area contributed by atoms with E-state index in [1.165, 1.54) is 16.4 Å². The van der Waals surface area contributed by atoms with Crippen LogP contribution in [0.4, 0.5) is 5.69 Å². The van der Waals surface area contributed by atoms with Crippen molar-refractivity contribution in [3.63, 3.8) is 0 Å². The summed E-state index contributed by atoms with van der Waals surface area (Å²) >= 11 is 0. The van der Waals surface area contributed by atoms with Crippen LogP contribution in [0.15, 0.2) is 29.2 Å². The molecule has 10 nitrogen and oxygen atoms in total. The van der Waals surface area contributed by atoms with Gasteiger partial charge in [-0.25, -0.2) is 8.42 Å². The first-order valence-corrected chi connectivity index (χ1v) is 12.8. The SMILES string of the molecule is CCN(CC)S(=O)(=O)c1ccc(OCC(=O)c2cc(C)n(C[C@H]3CCCO3)c2C)c([N+](=O)[O-])c1. The second-order valence-corrected chi connectivity index (χ2v) is 10.2. The van der Waals surface area contributed by atoms with Crippen molar-refractivity contribution >= 4 is 21.5 Å². The highest BCUT2D eigenvalue weighted by atomic mass is 32.2. The molecule has 0 saturated carbocycles. The summed E-state index contributed by atoms with van der Waals surface area (Å²) in [5.74, 6) is -0.481. The Balaban J connectivity index is 1.78. The van der Waals surface area contributed by atoms with Crippen LogP contribution in [-0.4, -0.2) is 60.4 Å². The topological polar surface area (TPSA) is 121 Å². The average Bonchev–Trinajstić information content (AvgIpc) is 3.41. The number of carbonyl (C=O) groups excluding carboxylic acids is 1. The van der Waals surface area contributed by atoms with Crippen LogP contribution in [0.25, 0.3) is 0 Å². The van der Waals surface area contributed by atoms with Gasteiger partial charge in [-0.05, 0) is 44.9 Å². The van der Waals surface area contributed by atoms with Crippen LogP contribution in [0.2, 0.25) is 0 Å². The molecule has 1 aliphatic rings. The normalized spacial score (nSPS) is 16.2. The lowest BCUT2D eigenvalue weighted by Crippen LogP contribution is -2.30. The van der Waals surface area contributed by atoms with Gasteiger partial charge in [0.2, 0.25) is 15.8 Å². The molecule has 0 radical (unpaired) electrons. The van der Waals surface area contributed by atoms with Crippen molar-refractivity contribution in [1.82, 2.24) is 8.87 Å². The maximum Gasteiger partial charge on any atom is 0.312 e. The van der Waals surface area contributed by atoms with Crippen molar-refractivity contribution in [2.75, 3.05) is 26.3 Å². The molecule has 11 heteroatoms. The fourth-order valence-electron chi connectivity index (χ4n) is 4.21. The van der Waals surface area contributed by atoms with E-state index in [-0.39, 0.29) is 35.6 Å². The van der Waals surface area contributed by atoms with Crippen molar-refractivity contribution in [2.45, 2.75) is 58.1 Å². The maximum atomic E-state index is 12.9. The molecule has 1 saturated heterocycles. The van der Waals surface area contributed by atoms with Gasteiger partial charge in [-0.15, -0.1) is 0 Å². The third kappa shape index (κ3) is 5.31. The van der Waals surface area contributed by atoms with Gasteiger partial charge < -0.3 is 14.0 Å². The summed E-state index contributed by atoms with van der Waals surface area (Å²) in [6, 6.07) is 5.24. The number of nitro benzene ring substituents is 1. The summed E-state index contributed by atoms with van der Waals surface area (Å²) in [6.45, 7) is 8.64. The van der Waals surface area contributed by atoms with E-state index < -0.39 is 27.2 Å². The highest BCUT2D eigenvalue weighted by Gasteiger charge is 2.27. The number of carbonyl (C=O) groups is 1. The first kappa shape index (κ1) is 25.9. The first-order valence-electron chi connectivity index (χ1n) is 11.3. The summed E-state index contributed by atoms with van der Waals surface area (Å²) in [7, 11) is -3.87. The Hall–Kier alpha value is -2.76. The largest absolute Gasteiger partial charge is 0.478 e. The molecule has 1 aromatic carbocycles. The summed E-state index contributed by atoms with van der Waals surface area (Å²) in [4.78, 5) is 23.6. The van der Waals surface area contributed by atoms with E-state index >= 15 is 0 Å². The second kappa shape index (κ2) is 10.7. The number of nitrogens with zero attached hydrogens (tertiary/aromatic N) is 3. The Bertz CT molecular complexity index is 1160.